The molecule has 1 nitrogen and oxygen atoms in total. The minimum atomic E-state index is -0.259. The standard InChI is InChI=1S/C8H12OS/c1-3-8(9)7-4-6(2)10-5-7/h4-5,8-9H,3H2,1-2H3/t8-/m1/s1. The topological polar surface area (TPSA) is 20.2 Å². The minimum Gasteiger partial charge on any atom is -0.388 e. The number of thiophene rings is 1. The van der Waals surface area contributed by atoms with Gasteiger partial charge in [-0.25, -0.2) is 0 Å². The van der Waals surface area contributed by atoms with E-state index in [1.807, 2.05) is 18.4 Å². The van der Waals surface area contributed by atoms with E-state index in [2.05, 4.69) is 6.92 Å². The first-order valence-electron chi connectivity index (χ1n) is 3.47. The van der Waals surface area contributed by atoms with Gasteiger partial charge >= 0.3 is 0 Å². The smallest absolute Gasteiger partial charge is 0.0795 e. The highest BCUT2D eigenvalue weighted by atomic mass is 32.1. The fourth-order valence-electron chi connectivity index (χ4n) is 0.874. The molecule has 0 unspecified atom stereocenters. The van der Waals surface area contributed by atoms with Crippen LogP contribution in [0.4, 0.5) is 0 Å². The van der Waals surface area contributed by atoms with Crippen LogP contribution in [0.1, 0.15) is 29.9 Å². The molecule has 1 rings (SSSR count). The molecule has 0 spiro atoms. The molecule has 0 saturated carbocycles. The lowest BCUT2D eigenvalue weighted by atomic mass is 10.1. The molecule has 0 radical (unpaired) electrons. The van der Waals surface area contributed by atoms with Crippen molar-refractivity contribution < 1.29 is 5.11 Å². The van der Waals surface area contributed by atoms with Gasteiger partial charge in [0.05, 0.1) is 6.10 Å². The van der Waals surface area contributed by atoms with Gasteiger partial charge in [0.1, 0.15) is 0 Å². The van der Waals surface area contributed by atoms with Gasteiger partial charge in [0.2, 0.25) is 0 Å². The maximum atomic E-state index is 9.35. The fraction of sp³-hybridized carbons (Fsp3) is 0.500. The van der Waals surface area contributed by atoms with Crippen molar-refractivity contribution in [2.45, 2.75) is 26.4 Å². The lowest BCUT2D eigenvalue weighted by molar-refractivity contribution is 0.174. The molecule has 0 saturated heterocycles. The monoisotopic (exact) mass is 156 g/mol. The van der Waals surface area contributed by atoms with E-state index in [1.54, 1.807) is 11.3 Å². The molecule has 0 fully saturated rings. The molecule has 1 aromatic rings. The third-order valence-corrected chi connectivity index (χ3v) is 2.40. The molecule has 1 heterocycles. The Hall–Kier alpha value is -0.340. The van der Waals surface area contributed by atoms with E-state index in [0.717, 1.165) is 12.0 Å². The molecule has 0 aliphatic heterocycles. The maximum absolute atomic E-state index is 9.35. The van der Waals surface area contributed by atoms with Gasteiger partial charge in [0.15, 0.2) is 0 Å². The summed E-state index contributed by atoms with van der Waals surface area (Å²) in [6.07, 6.45) is 0.542. The van der Waals surface area contributed by atoms with Crippen molar-refractivity contribution in [1.82, 2.24) is 0 Å². The fourth-order valence-corrected chi connectivity index (χ4v) is 1.63. The number of aliphatic hydroxyl groups is 1. The summed E-state index contributed by atoms with van der Waals surface area (Å²) in [7, 11) is 0. The van der Waals surface area contributed by atoms with Gasteiger partial charge in [0, 0.05) is 4.88 Å². The molecular weight excluding hydrogens is 144 g/mol. The Labute approximate surface area is 65.3 Å². The first kappa shape index (κ1) is 7.76. The summed E-state index contributed by atoms with van der Waals surface area (Å²) in [5.74, 6) is 0. The summed E-state index contributed by atoms with van der Waals surface area (Å²) in [6.45, 7) is 4.04. The average Bonchev–Trinajstić information content (AvgIpc) is 2.34. The predicted octanol–water partition coefficient (Wildman–Crippen LogP) is 2.50. The van der Waals surface area contributed by atoms with Gasteiger partial charge in [-0.1, -0.05) is 6.92 Å². The quantitative estimate of drug-likeness (QED) is 0.697. The zero-order valence-corrected chi connectivity index (χ0v) is 7.11. The predicted molar refractivity (Wildman–Crippen MR) is 44.3 cm³/mol. The van der Waals surface area contributed by atoms with Gasteiger partial charge in [-0.2, -0.15) is 0 Å². The summed E-state index contributed by atoms with van der Waals surface area (Å²) < 4.78 is 0. The zero-order chi connectivity index (χ0) is 7.56. The highest BCUT2D eigenvalue weighted by Gasteiger charge is 2.04. The summed E-state index contributed by atoms with van der Waals surface area (Å²) in [5, 5.41) is 11.4. The number of aliphatic hydroxyl groups excluding tert-OH is 1. The van der Waals surface area contributed by atoms with Crippen molar-refractivity contribution >= 4 is 11.3 Å². The Morgan fingerprint density at radius 2 is 2.40 bits per heavy atom. The Bertz CT molecular complexity index is 205. The van der Waals surface area contributed by atoms with Gasteiger partial charge < -0.3 is 5.11 Å². The highest BCUT2D eigenvalue weighted by Crippen LogP contribution is 2.21. The summed E-state index contributed by atoms with van der Waals surface area (Å²) in [4.78, 5) is 1.27. The summed E-state index contributed by atoms with van der Waals surface area (Å²) in [6, 6.07) is 2.04. The van der Waals surface area contributed by atoms with E-state index >= 15 is 0 Å². The summed E-state index contributed by atoms with van der Waals surface area (Å²) >= 11 is 1.69. The Morgan fingerprint density at radius 3 is 2.80 bits per heavy atom. The Morgan fingerprint density at radius 1 is 1.70 bits per heavy atom. The molecule has 56 valence electrons. The highest BCUT2D eigenvalue weighted by molar-refractivity contribution is 7.10. The lowest BCUT2D eigenvalue weighted by Gasteiger charge is -2.02. The van der Waals surface area contributed by atoms with E-state index in [0.29, 0.717) is 0 Å². The van der Waals surface area contributed by atoms with Crippen LogP contribution >= 0.6 is 11.3 Å². The average molecular weight is 156 g/mol. The van der Waals surface area contributed by atoms with Crippen LogP contribution in [-0.4, -0.2) is 5.11 Å². The van der Waals surface area contributed by atoms with Crippen LogP contribution in [0.3, 0.4) is 0 Å². The third kappa shape index (κ3) is 1.58. The second kappa shape index (κ2) is 3.17. The van der Waals surface area contributed by atoms with Crippen LogP contribution in [-0.2, 0) is 0 Å². The molecule has 0 amide bonds. The van der Waals surface area contributed by atoms with Crippen molar-refractivity contribution in [2.24, 2.45) is 0 Å². The molecule has 2 heteroatoms. The second-order valence-electron chi connectivity index (χ2n) is 2.41. The molecule has 0 bridgehead atoms. The van der Waals surface area contributed by atoms with Crippen LogP contribution in [0, 0.1) is 6.92 Å². The molecule has 1 aromatic heterocycles. The van der Waals surface area contributed by atoms with Crippen molar-refractivity contribution in [3.05, 3.63) is 21.9 Å². The van der Waals surface area contributed by atoms with E-state index < -0.39 is 0 Å². The van der Waals surface area contributed by atoms with E-state index in [-0.39, 0.29) is 6.10 Å². The molecule has 1 atom stereocenters. The molecular formula is C8H12OS. The molecule has 0 aliphatic carbocycles. The Kier molecular flexibility index (Phi) is 2.46. The number of hydrogen-bond donors (Lipinski definition) is 1. The van der Waals surface area contributed by atoms with E-state index in [4.69, 9.17) is 0 Å². The molecule has 0 aliphatic rings. The van der Waals surface area contributed by atoms with Crippen LogP contribution in [0.25, 0.3) is 0 Å². The van der Waals surface area contributed by atoms with E-state index in [1.165, 1.54) is 4.88 Å². The number of hydrogen-bond acceptors (Lipinski definition) is 2. The largest absolute Gasteiger partial charge is 0.388 e. The first-order chi connectivity index (χ1) is 4.74. The van der Waals surface area contributed by atoms with Crippen molar-refractivity contribution in [3.63, 3.8) is 0 Å². The molecule has 1 N–H and O–H groups in total. The van der Waals surface area contributed by atoms with Gasteiger partial charge in [-0.05, 0) is 30.4 Å². The normalized spacial score (nSPS) is 13.5. The maximum Gasteiger partial charge on any atom is 0.0795 e. The molecule has 0 aromatic carbocycles. The SMILES string of the molecule is CC[C@@H](O)c1csc(C)c1. The molecule has 10 heavy (non-hydrogen) atoms. The second-order valence-corrected chi connectivity index (χ2v) is 3.53. The number of rotatable bonds is 2. The van der Waals surface area contributed by atoms with Gasteiger partial charge in [-0.15, -0.1) is 11.3 Å². The van der Waals surface area contributed by atoms with Crippen molar-refractivity contribution in [3.8, 4) is 0 Å². The Balaban J connectivity index is 2.74. The van der Waals surface area contributed by atoms with Crippen LogP contribution in [0.2, 0.25) is 0 Å². The first-order valence-corrected chi connectivity index (χ1v) is 4.35. The van der Waals surface area contributed by atoms with Crippen LogP contribution in [0.5, 0.6) is 0 Å². The van der Waals surface area contributed by atoms with Crippen LogP contribution < -0.4 is 0 Å². The van der Waals surface area contributed by atoms with Gasteiger partial charge in [-0.3, -0.25) is 0 Å². The minimum absolute atomic E-state index is 0.259. The van der Waals surface area contributed by atoms with Gasteiger partial charge in [0.25, 0.3) is 0 Å². The summed E-state index contributed by atoms with van der Waals surface area (Å²) in [5.41, 5.74) is 1.06. The zero-order valence-electron chi connectivity index (χ0n) is 6.29. The van der Waals surface area contributed by atoms with Crippen molar-refractivity contribution in [1.29, 1.82) is 0 Å². The van der Waals surface area contributed by atoms with E-state index in [9.17, 15) is 5.11 Å². The lowest BCUT2D eigenvalue weighted by Crippen LogP contribution is -1.91. The van der Waals surface area contributed by atoms with Crippen LogP contribution in [0.15, 0.2) is 11.4 Å². The number of aryl methyl sites for hydroxylation is 1. The third-order valence-electron chi connectivity index (χ3n) is 1.52. The van der Waals surface area contributed by atoms with Crippen molar-refractivity contribution in [2.75, 3.05) is 0 Å².